The molecular weight excluding hydrogens is 365 g/mol. The zero-order chi connectivity index (χ0) is 17.6. The standard InChI is InChI=1S/C18H17ClFNO3S/c19-13-6-5-12(15(20)7-13)10-25-11-18(22)21-8-14-9-23-16-3-1-2-4-17(16)24-14/h1-7,14H,8-11H2,(H,21,22)/t14-/m1/s1. The van der Waals surface area contributed by atoms with Gasteiger partial charge < -0.3 is 14.8 Å². The maximum absolute atomic E-state index is 13.7. The van der Waals surface area contributed by atoms with Crippen molar-refractivity contribution in [1.82, 2.24) is 5.32 Å². The van der Waals surface area contributed by atoms with Crippen molar-refractivity contribution in [2.75, 3.05) is 18.9 Å². The lowest BCUT2D eigenvalue weighted by molar-refractivity contribution is -0.119. The van der Waals surface area contributed by atoms with E-state index in [4.69, 9.17) is 21.1 Å². The summed E-state index contributed by atoms with van der Waals surface area (Å²) in [6, 6.07) is 12.0. The second-order valence-electron chi connectivity index (χ2n) is 5.53. The number of fused-ring (bicyclic) bond motifs is 1. The zero-order valence-corrected chi connectivity index (χ0v) is 14.9. The molecule has 0 aromatic heterocycles. The Labute approximate surface area is 154 Å². The minimum absolute atomic E-state index is 0.123. The molecule has 132 valence electrons. The van der Waals surface area contributed by atoms with Crippen molar-refractivity contribution < 1.29 is 18.7 Å². The third kappa shape index (κ3) is 5.03. The number of amides is 1. The Bertz CT molecular complexity index is 759. The van der Waals surface area contributed by atoms with E-state index in [0.29, 0.717) is 41.0 Å². The molecule has 0 aliphatic carbocycles. The second kappa shape index (κ2) is 8.45. The Kier molecular flexibility index (Phi) is 6.04. The molecular formula is C18H17ClFNO3S. The lowest BCUT2D eigenvalue weighted by Crippen LogP contribution is -2.41. The fourth-order valence-electron chi connectivity index (χ4n) is 2.33. The Morgan fingerprint density at radius 1 is 1.28 bits per heavy atom. The van der Waals surface area contributed by atoms with Gasteiger partial charge >= 0.3 is 0 Å². The van der Waals surface area contributed by atoms with Crippen LogP contribution < -0.4 is 14.8 Å². The molecule has 1 aliphatic rings. The molecule has 0 saturated heterocycles. The van der Waals surface area contributed by atoms with Crippen LogP contribution in [0.15, 0.2) is 42.5 Å². The number of carbonyl (C=O) groups excluding carboxylic acids is 1. The number of hydrogen-bond donors (Lipinski definition) is 1. The van der Waals surface area contributed by atoms with Crippen LogP contribution >= 0.6 is 23.4 Å². The van der Waals surface area contributed by atoms with Gasteiger partial charge in [-0.1, -0.05) is 29.8 Å². The van der Waals surface area contributed by atoms with E-state index in [9.17, 15) is 9.18 Å². The van der Waals surface area contributed by atoms with Gasteiger partial charge in [-0.25, -0.2) is 4.39 Å². The van der Waals surface area contributed by atoms with E-state index in [1.165, 1.54) is 17.8 Å². The average Bonchev–Trinajstić information content (AvgIpc) is 2.61. The number of hydrogen-bond acceptors (Lipinski definition) is 4. The van der Waals surface area contributed by atoms with Gasteiger partial charge in [-0.3, -0.25) is 4.79 Å². The van der Waals surface area contributed by atoms with Gasteiger partial charge in [-0.05, 0) is 29.8 Å². The van der Waals surface area contributed by atoms with E-state index in [1.807, 2.05) is 24.3 Å². The zero-order valence-electron chi connectivity index (χ0n) is 13.3. The van der Waals surface area contributed by atoms with Crippen LogP contribution in [0.5, 0.6) is 11.5 Å². The van der Waals surface area contributed by atoms with Crippen LogP contribution in [0, 0.1) is 5.82 Å². The predicted molar refractivity (Wildman–Crippen MR) is 96.9 cm³/mol. The third-order valence-electron chi connectivity index (χ3n) is 3.60. The van der Waals surface area contributed by atoms with Gasteiger partial charge in [-0.2, -0.15) is 0 Å². The first-order chi connectivity index (χ1) is 12.1. The summed E-state index contributed by atoms with van der Waals surface area (Å²) in [5.41, 5.74) is 0.530. The molecule has 0 fully saturated rings. The van der Waals surface area contributed by atoms with E-state index in [0.717, 1.165) is 0 Å². The summed E-state index contributed by atoms with van der Waals surface area (Å²) >= 11 is 7.06. The fraction of sp³-hybridized carbons (Fsp3) is 0.278. The summed E-state index contributed by atoms with van der Waals surface area (Å²) in [6.45, 7) is 0.753. The number of nitrogens with one attached hydrogen (secondary N) is 1. The van der Waals surface area contributed by atoms with Crippen LogP contribution in [-0.4, -0.2) is 30.9 Å². The van der Waals surface area contributed by atoms with Crippen molar-refractivity contribution >= 4 is 29.3 Å². The van der Waals surface area contributed by atoms with Crippen LogP contribution in [-0.2, 0) is 10.5 Å². The quantitative estimate of drug-likeness (QED) is 0.829. The molecule has 0 unspecified atom stereocenters. The highest BCUT2D eigenvalue weighted by Crippen LogP contribution is 2.30. The van der Waals surface area contributed by atoms with E-state index in [1.54, 1.807) is 12.1 Å². The van der Waals surface area contributed by atoms with E-state index in [2.05, 4.69) is 5.32 Å². The maximum Gasteiger partial charge on any atom is 0.230 e. The van der Waals surface area contributed by atoms with Gasteiger partial charge in [0.1, 0.15) is 18.5 Å². The first-order valence-corrected chi connectivity index (χ1v) is 9.32. The Hall–Kier alpha value is -1.92. The van der Waals surface area contributed by atoms with Gasteiger partial charge in [0, 0.05) is 10.8 Å². The van der Waals surface area contributed by atoms with Gasteiger partial charge in [0.2, 0.25) is 5.91 Å². The van der Waals surface area contributed by atoms with Crippen LogP contribution in [0.1, 0.15) is 5.56 Å². The first-order valence-electron chi connectivity index (χ1n) is 7.78. The van der Waals surface area contributed by atoms with Gasteiger partial charge in [0.05, 0.1) is 12.3 Å². The number of benzene rings is 2. The molecule has 4 nitrogen and oxygen atoms in total. The summed E-state index contributed by atoms with van der Waals surface area (Å²) in [5.74, 6) is 1.57. The molecule has 0 radical (unpaired) electrons. The number of carbonyl (C=O) groups is 1. The summed E-state index contributed by atoms with van der Waals surface area (Å²) in [5, 5.41) is 3.17. The molecule has 3 rings (SSSR count). The largest absolute Gasteiger partial charge is 0.486 e. The average molecular weight is 382 g/mol. The summed E-state index contributed by atoms with van der Waals surface area (Å²) in [4.78, 5) is 11.9. The van der Waals surface area contributed by atoms with Crippen molar-refractivity contribution in [3.8, 4) is 11.5 Å². The molecule has 1 atom stereocenters. The smallest absolute Gasteiger partial charge is 0.230 e. The van der Waals surface area contributed by atoms with Crippen LogP contribution in [0.2, 0.25) is 5.02 Å². The van der Waals surface area contributed by atoms with Crippen molar-refractivity contribution in [2.24, 2.45) is 0 Å². The van der Waals surface area contributed by atoms with Gasteiger partial charge in [0.15, 0.2) is 11.5 Å². The fourth-order valence-corrected chi connectivity index (χ4v) is 3.34. The highest BCUT2D eigenvalue weighted by atomic mass is 35.5. The Morgan fingerprint density at radius 3 is 2.88 bits per heavy atom. The van der Waals surface area contributed by atoms with Crippen molar-refractivity contribution in [2.45, 2.75) is 11.9 Å². The Morgan fingerprint density at radius 2 is 2.08 bits per heavy atom. The van der Waals surface area contributed by atoms with Crippen LogP contribution in [0.3, 0.4) is 0 Å². The van der Waals surface area contributed by atoms with E-state index < -0.39 is 0 Å². The normalized spacial score (nSPS) is 15.7. The highest BCUT2D eigenvalue weighted by Gasteiger charge is 2.20. The second-order valence-corrected chi connectivity index (χ2v) is 6.95. The first kappa shape index (κ1) is 17.9. The van der Waals surface area contributed by atoms with Crippen LogP contribution in [0.25, 0.3) is 0 Å². The number of rotatable bonds is 6. The lowest BCUT2D eigenvalue weighted by Gasteiger charge is -2.26. The highest BCUT2D eigenvalue weighted by molar-refractivity contribution is 7.99. The van der Waals surface area contributed by atoms with E-state index in [-0.39, 0.29) is 23.6 Å². The summed E-state index contributed by atoms with van der Waals surface area (Å²) < 4.78 is 25.0. The number of halogens is 2. The minimum atomic E-state index is -0.355. The number of ether oxygens (including phenoxy) is 2. The molecule has 2 aromatic carbocycles. The summed E-state index contributed by atoms with van der Waals surface area (Å²) in [7, 11) is 0. The topological polar surface area (TPSA) is 47.6 Å². The molecule has 0 saturated carbocycles. The molecule has 1 amide bonds. The molecule has 2 aromatic rings. The number of thioether (sulfide) groups is 1. The minimum Gasteiger partial charge on any atom is -0.486 e. The molecule has 1 aliphatic heterocycles. The lowest BCUT2D eigenvalue weighted by atomic mass is 10.2. The monoisotopic (exact) mass is 381 g/mol. The SMILES string of the molecule is O=C(CSCc1ccc(Cl)cc1F)NC[C@@H]1COc2ccccc2O1. The van der Waals surface area contributed by atoms with Crippen molar-refractivity contribution in [3.05, 3.63) is 58.9 Å². The Balaban J connectivity index is 1.39. The molecule has 25 heavy (non-hydrogen) atoms. The van der Waals surface area contributed by atoms with Crippen molar-refractivity contribution in [1.29, 1.82) is 0 Å². The van der Waals surface area contributed by atoms with Crippen LogP contribution in [0.4, 0.5) is 4.39 Å². The maximum atomic E-state index is 13.7. The third-order valence-corrected chi connectivity index (χ3v) is 4.82. The summed E-state index contributed by atoms with van der Waals surface area (Å²) in [6.07, 6.45) is -0.224. The van der Waals surface area contributed by atoms with Gasteiger partial charge in [-0.15, -0.1) is 11.8 Å². The molecule has 0 spiro atoms. The molecule has 1 N–H and O–H groups in total. The number of para-hydroxylation sites is 2. The van der Waals surface area contributed by atoms with Crippen molar-refractivity contribution in [3.63, 3.8) is 0 Å². The predicted octanol–water partition coefficient (Wildman–Crippen LogP) is 3.67. The molecule has 1 heterocycles. The van der Waals surface area contributed by atoms with Gasteiger partial charge in [0.25, 0.3) is 0 Å². The molecule has 0 bridgehead atoms. The molecule has 7 heteroatoms. The van der Waals surface area contributed by atoms with E-state index >= 15 is 0 Å².